The Kier molecular flexibility index (Phi) is 5.37. The van der Waals surface area contributed by atoms with Crippen molar-refractivity contribution in [2.45, 2.75) is 26.3 Å². The zero-order valence-corrected chi connectivity index (χ0v) is 13.6. The van der Waals surface area contributed by atoms with E-state index in [1.54, 1.807) is 13.2 Å². The lowest BCUT2D eigenvalue weighted by atomic mass is 10.0. The van der Waals surface area contributed by atoms with Gasteiger partial charge in [-0.2, -0.15) is 5.26 Å². The molecule has 0 aliphatic rings. The highest BCUT2D eigenvalue weighted by Gasteiger charge is 2.14. The van der Waals surface area contributed by atoms with Crippen LogP contribution in [-0.4, -0.2) is 19.1 Å². The van der Waals surface area contributed by atoms with Crippen molar-refractivity contribution in [2.75, 3.05) is 7.11 Å². The first-order chi connectivity index (χ1) is 11.1. The average molecular weight is 308 g/mol. The summed E-state index contributed by atoms with van der Waals surface area (Å²) in [6, 6.07) is 13.6. The molecule has 23 heavy (non-hydrogen) atoms. The highest BCUT2D eigenvalue weighted by Crippen LogP contribution is 2.30. The van der Waals surface area contributed by atoms with Gasteiger partial charge in [-0.05, 0) is 36.3 Å². The lowest BCUT2D eigenvalue weighted by Crippen LogP contribution is -2.32. The summed E-state index contributed by atoms with van der Waals surface area (Å²) in [4.78, 5) is 12.2. The Morgan fingerprint density at radius 2 is 2.09 bits per heavy atom. The normalized spacial score (nSPS) is 12.5. The van der Waals surface area contributed by atoms with Crippen LogP contribution >= 0.6 is 0 Å². The molecule has 1 atom stereocenters. The van der Waals surface area contributed by atoms with Gasteiger partial charge >= 0.3 is 0 Å². The Bertz CT molecular complexity index is 788. The van der Waals surface area contributed by atoms with Gasteiger partial charge in [0.15, 0.2) is 0 Å². The van der Waals surface area contributed by atoms with Gasteiger partial charge in [-0.25, -0.2) is 0 Å². The van der Waals surface area contributed by atoms with Crippen LogP contribution in [0.15, 0.2) is 42.0 Å². The number of hydrogen-bond donors (Lipinski definition) is 1. The third kappa shape index (κ3) is 3.70. The molecular formula is C19H20N2O2. The van der Waals surface area contributed by atoms with Crippen molar-refractivity contribution in [3.8, 4) is 11.8 Å². The Morgan fingerprint density at radius 1 is 1.35 bits per heavy atom. The molecular weight excluding hydrogens is 288 g/mol. The van der Waals surface area contributed by atoms with Gasteiger partial charge in [0.1, 0.15) is 17.4 Å². The fraction of sp³-hybridized carbons (Fsp3) is 0.263. The molecule has 2 rings (SSSR count). The van der Waals surface area contributed by atoms with Crippen LogP contribution in [0, 0.1) is 11.3 Å². The fourth-order valence-electron chi connectivity index (χ4n) is 2.30. The number of amides is 1. The molecule has 4 nitrogen and oxygen atoms in total. The van der Waals surface area contributed by atoms with E-state index < -0.39 is 0 Å². The molecule has 4 heteroatoms. The first-order valence-electron chi connectivity index (χ1n) is 7.59. The molecule has 0 unspecified atom stereocenters. The van der Waals surface area contributed by atoms with E-state index in [1.165, 1.54) is 0 Å². The minimum absolute atomic E-state index is 0.0219. The highest BCUT2D eigenvalue weighted by atomic mass is 16.5. The Morgan fingerprint density at radius 3 is 2.74 bits per heavy atom. The molecule has 118 valence electrons. The molecule has 0 aromatic heterocycles. The van der Waals surface area contributed by atoms with E-state index in [-0.39, 0.29) is 17.5 Å². The van der Waals surface area contributed by atoms with Crippen LogP contribution < -0.4 is 10.1 Å². The van der Waals surface area contributed by atoms with Crippen LogP contribution in [0.5, 0.6) is 5.75 Å². The maximum absolute atomic E-state index is 12.2. The standard InChI is InChI=1S/C19H20N2O2/c1-4-13(2)21-19(22)15(12-20)11-17-16-8-6-5-7-14(16)9-10-18(17)23-3/h5-11,13H,4H2,1-3H3,(H,21,22)/b15-11+/t13-/m1/s1. The number of benzene rings is 2. The first kappa shape index (κ1) is 16.6. The summed E-state index contributed by atoms with van der Waals surface area (Å²) in [6.07, 6.45) is 2.40. The number of ether oxygens (including phenoxy) is 1. The van der Waals surface area contributed by atoms with Crippen molar-refractivity contribution in [1.82, 2.24) is 5.32 Å². The van der Waals surface area contributed by atoms with E-state index in [1.807, 2.05) is 56.3 Å². The third-order valence-electron chi connectivity index (χ3n) is 3.79. The summed E-state index contributed by atoms with van der Waals surface area (Å²) in [7, 11) is 1.58. The van der Waals surface area contributed by atoms with Crippen molar-refractivity contribution in [1.29, 1.82) is 5.26 Å². The monoisotopic (exact) mass is 308 g/mol. The fourth-order valence-corrected chi connectivity index (χ4v) is 2.30. The maximum Gasteiger partial charge on any atom is 0.262 e. The van der Waals surface area contributed by atoms with Gasteiger partial charge in [0.05, 0.1) is 7.11 Å². The second-order valence-corrected chi connectivity index (χ2v) is 5.36. The zero-order chi connectivity index (χ0) is 16.8. The maximum atomic E-state index is 12.2. The molecule has 1 amide bonds. The molecule has 0 spiro atoms. The number of rotatable bonds is 5. The smallest absolute Gasteiger partial charge is 0.262 e. The van der Waals surface area contributed by atoms with Crippen molar-refractivity contribution < 1.29 is 9.53 Å². The molecule has 0 radical (unpaired) electrons. The Balaban J connectivity index is 2.53. The molecule has 0 aliphatic carbocycles. The highest BCUT2D eigenvalue weighted by molar-refractivity contribution is 6.05. The van der Waals surface area contributed by atoms with Gasteiger partial charge in [0, 0.05) is 11.6 Å². The average Bonchev–Trinajstić information content (AvgIpc) is 2.58. The van der Waals surface area contributed by atoms with Crippen molar-refractivity contribution in [3.63, 3.8) is 0 Å². The van der Waals surface area contributed by atoms with Gasteiger partial charge in [-0.15, -0.1) is 0 Å². The lowest BCUT2D eigenvalue weighted by molar-refractivity contribution is -0.117. The molecule has 1 N–H and O–H groups in total. The van der Waals surface area contributed by atoms with Crippen molar-refractivity contribution in [3.05, 3.63) is 47.5 Å². The summed E-state index contributed by atoms with van der Waals surface area (Å²) >= 11 is 0. The number of methoxy groups -OCH3 is 1. The number of carbonyl (C=O) groups excluding carboxylic acids is 1. The Labute approximate surface area is 136 Å². The number of hydrogen-bond acceptors (Lipinski definition) is 3. The first-order valence-corrected chi connectivity index (χ1v) is 7.59. The minimum Gasteiger partial charge on any atom is -0.496 e. The van der Waals surface area contributed by atoms with Crippen LogP contribution in [-0.2, 0) is 4.79 Å². The van der Waals surface area contributed by atoms with Gasteiger partial charge in [0.25, 0.3) is 5.91 Å². The second-order valence-electron chi connectivity index (χ2n) is 5.36. The van der Waals surface area contributed by atoms with Crippen molar-refractivity contribution in [2.24, 2.45) is 0 Å². The topological polar surface area (TPSA) is 62.1 Å². The van der Waals surface area contributed by atoms with Crippen LogP contribution in [0.1, 0.15) is 25.8 Å². The predicted octanol–water partition coefficient (Wildman–Crippen LogP) is 3.67. The number of nitriles is 1. The van der Waals surface area contributed by atoms with Crippen LogP contribution in [0.4, 0.5) is 0 Å². The SMILES string of the molecule is CC[C@@H](C)NC(=O)/C(C#N)=C/c1c(OC)ccc2ccccc12. The van der Waals surface area contributed by atoms with Crippen LogP contribution in [0.3, 0.4) is 0 Å². The number of nitrogens with zero attached hydrogens (tertiary/aromatic N) is 1. The molecule has 0 aliphatic heterocycles. The molecule has 0 bridgehead atoms. The van der Waals surface area contributed by atoms with E-state index in [4.69, 9.17) is 4.74 Å². The minimum atomic E-state index is -0.364. The quantitative estimate of drug-likeness (QED) is 0.677. The van der Waals surface area contributed by atoms with Gasteiger partial charge in [-0.3, -0.25) is 4.79 Å². The summed E-state index contributed by atoms with van der Waals surface area (Å²) in [5.41, 5.74) is 0.807. The third-order valence-corrected chi connectivity index (χ3v) is 3.79. The summed E-state index contributed by atoms with van der Waals surface area (Å²) in [5, 5.41) is 14.1. The van der Waals surface area contributed by atoms with Gasteiger partial charge < -0.3 is 10.1 Å². The van der Waals surface area contributed by atoms with E-state index >= 15 is 0 Å². The van der Waals surface area contributed by atoms with Crippen LogP contribution in [0.25, 0.3) is 16.8 Å². The van der Waals surface area contributed by atoms with E-state index in [0.717, 1.165) is 22.8 Å². The van der Waals surface area contributed by atoms with Crippen LogP contribution in [0.2, 0.25) is 0 Å². The Hall–Kier alpha value is -2.80. The zero-order valence-electron chi connectivity index (χ0n) is 13.6. The van der Waals surface area contributed by atoms with E-state index in [0.29, 0.717) is 5.75 Å². The summed E-state index contributed by atoms with van der Waals surface area (Å²) < 4.78 is 5.40. The lowest BCUT2D eigenvalue weighted by Gasteiger charge is -2.12. The molecule has 2 aromatic carbocycles. The molecule has 0 fully saturated rings. The summed E-state index contributed by atoms with van der Waals surface area (Å²) in [5.74, 6) is 0.268. The number of fused-ring (bicyclic) bond motifs is 1. The molecule has 0 saturated heterocycles. The summed E-state index contributed by atoms with van der Waals surface area (Å²) in [6.45, 7) is 3.89. The molecule has 0 saturated carbocycles. The molecule has 0 heterocycles. The number of nitrogens with one attached hydrogen (secondary N) is 1. The molecule has 2 aromatic rings. The van der Waals surface area contributed by atoms with E-state index in [2.05, 4.69) is 5.32 Å². The van der Waals surface area contributed by atoms with Crippen molar-refractivity contribution >= 4 is 22.8 Å². The largest absolute Gasteiger partial charge is 0.496 e. The van der Waals surface area contributed by atoms with Gasteiger partial charge in [0.2, 0.25) is 0 Å². The number of carbonyl (C=O) groups is 1. The predicted molar refractivity (Wildman–Crippen MR) is 92.0 cm³/mol. The van der Waals surface area contributed by atoms with E-state index in [9.17, 15) is 10.1 Å². The second kappa shape index (κ2) is 7.46. The van der Waals surface area contributed by atoms with Gasteiger partial charge in [-0.1, -0.05) is 37.3 Å².